The minimum Gasteiger partial charge on any atom is -0.548 e. The molecule has 1 amide bonds. The van der Waals surface area contributed by atoms with Gasteiger partial charge in [-0.15, -0.1) is 11.3 Å². The molecule has 1 atom stereocenters. The monoisotopic (exact) mass is 691 g/mol. The second-order valence-electron chi connectivity index (χ2n) is 12.2. The summed E-state index contributed by atoms with van der Waals surface area (Å²) in [6, 6.07) is 38.0. The summed E-state index contributed by atoms with van der Waals surface area (Å²) < 4.78 is 1.18. The predicted molar refractivity (Wildman–Crippen MR) is 202 cm³/mol. The number of carboxylic acids is 1. The minimum atomic E-state index is -1.28. The van der Waals surface area contributed by atoms with Crippen molar-refractivity contribution in [1.29, 1.82) is 0 Å². The molecule has 0 aliphatic rings. The SMILES string of the molecule is CSCC[C@H](NC(=O)c1ccc(CN(Cc2ccccc2)c2ccc(-c3nc4ccc(C)cc4s3)cc2)cc1-c1ccccc1C)C(=O)[O-].[Li+]. The summed E-state index contributed by atoms with van der Waals surface area (Å²) in [4.78, 5) is 32.7. The molecule has 1 aromatic heterocycles. The van der Waals surface area contributed by atoms with Gasteiger partial charge in [0.25, 0.3) is 5.91 Å². The van der Waals surface area contributed by atoms with Crippen LogP contribution in [0.2, 0.25) is 0 Å². The molecule has 248 valence electrons. The molecule has 0 fully saturated rings. The second-order valence-corrected chi connectivity index (χ2v) is 14.2. The maximum atomic E-state index is 13.6. The van der Waals surface area contributed by atoms with E-state index >= 15 is 0 Å². The zero-order chi connectivity index (χ0) is 34.3. The van der Waals surface area contributed by atoms with Crippen LogP contribution in [-0.2, 0) is 17.9 Å². The molecule has 6 nitrogen and oxygen atoms in total. The van der Waals surface area contributed by atoms with Crippen molar-refractivity contribution in [2.75, 3.05) is 16.9 Å². The molecule has 0 aliphatic heterocycles. The number of amides is 1. The first-order chi connectivity index (χ1) is 23.8. The number of carbonyl (C=O) groups excluding carboxylic acids is 2. The Hall–Kier alpha value is -4.32. The van der Waals surface area contributed by atoms with E-state index in [1.165, 1.54) is 27.6 Å². The van der Waals surface area contributed by atoms with E-state index in [0.717, 1.165) is 44.0 Å². The smallest absolute Gasteiger partial charge is 0.548 e. The number of aromatic nitrogens is 1. The van der Waals surface area contributed by atoms with E-state index in [1.54, 1.807) is 11.3 Å². The fraction of sp³-hybridized carbons (Fsp3) is 0.195. The summed E-state index contributed by atoms with van der Waals surface area (Å²) in [5, 5.41) is 15.6. The summed E-state index contributed by atoms with van der Waals surface area (Å²) in [5.41, 5.74) is 9.72. The molecule has 5 aromatic carbocycles. The van der Waals surface area contributed by atoms with Crippen molar-refractivity contribution in [2.24, 2.45) is 0 Å². The topological polar surface area (TPSA) is 85.4 Å². The summed E-state index contributed by atoms with van der Waals surface area (Å²) >= 11 is 3.23. The molecule has 0 saturated carbocycles. The average molecular weight is 692 g/mol. The molecule has 50 heavy (non-hydrogen) atoms. The van der Waals surface area contributed by atoms with Gasteiger partial charge in [-0.05, 0) is 114 Å². The standard InChI is InChI=1S/C41H39N3O3S2.Li/c1-27-13-20-36-38(23-27)49-40(43-36)31-15-17-32(18-16-31)44(25-29-10-5-4-6-11-29)26-30-14-19-34(35(24-30)33-12-8-7-9-28(33)2)39(45)42-37(41(46)47)21-22-48-3;/h4-20,23-24,37H,21-22,25-26H2,1-3H3,(H,42,45)(H,46,47);/q;+1/p-1/t37-;/m0./s1. The van der Waals surface area contributed by atoms with E-state index in [2.05, 4.69) is 77.8 Å². The van der Waals surface area contributed by atoms with Gasteiger partial charge in [-0.1, -0.05) is 66.7 Å². The number of carbonyl (C=O) groups is 2. The van der Waals surface area contributed by atoms with Gasteiger partial charge in [-0.2, -0.15) is 11.8 Å². The number of aryl methyl sites for hydroxylation is 2. The van der Waals surface area contributed by atoms with Gasteiger partial charge in [0.2, 0.25) is 0 Å². The molecule has 0 saturated heterocycles. The fourth-order valence-electron chi connectivity index (χ4n) is 5.94. The number of rotatable bonds is 13. The minimum absolute atomic E-state index is 0. The molecular formula is C41H38LiN3O3S2. The second kappa shape index (κ2) is 17.1. The molecule has 0 unspecified atom stereocenters. The molecule has 0 radical (unpaired) electrons. The summed E-state index contributed by atoms with van der Waals surface area (Å²) in [5.74, 6) is -1.11. The maximum absolute atomic E-state index is 13.6. The van der Waals surface area contributed by atoms with Crippen molar-refractivity contribution >= 4 is 50.9 Å². The van der Waals surface area contributed by atoms with Crippen LogP contribution in [0.25, 0.3) is 31.9 Å². The van der Waals surface area contributed by atoms with Gasteiger partial charge in [-0.25, -0.2) is 4.98 Å². The Morgan fingerprint density at radius 1 is 0.840 bits per heavy atom. The maximum Gasteiger partial charge on any atom is 1.00 e. The van der Waals surface area contributed by atoms with Crippen LogP contribution in [0.3, 0.4) is 0 Å². The van der Waals surface area contributed by atoms with E-state index in [4.69, 9.17) is 4.98 Å². The van der Waals surface area contributed by atoms with Crippen molar-refractivity contribution in [3.8, 4) is 21.7 Å². The van der Waals surface area contributed by atoms with Crippen LogP contribution in [0.1, 0.15) is 39.0 Å². The molecule has 9 heteroatoms. The number of aliphatic carboxylic acids is 1. The summed E-state index contributed by atoms with van der Waals surface area (Å²) in [6.07, 6.45) is 2.20. The Morgan fingerprint density at radius 3 is 2.28 bits per heavy atom. The molecule has 6 rings (SSSR count). The summed E-state index contributed by atoms with van der Waals surface area (Å²) in [7, 11) is 0. The fourth-order valence-corrected chi connectivity index (χ4v) is 7.48. The number of fused-ring (bicyclic) bond motifs is 1. The van der Waals surface area contributed by atoms with Crippen LogP contribution in [-0.4, -0.2) is 34.9 Å². The van der Waals surface area contributed by atoms with E-state index < -0.39 is 17.9 Å². The molecule has 1 heterocycles. The molecule has 0 bridgehead atoms. The van der Waals surface area contributed by atoms with Gasteiger partial charge in [0.15, 0.2) is 0 Å². The van der Waals surface area contributed by atoms with Crippen LogP contribution in [0, 0.1) is 13.8 Å². The third-order valence-electron chi connectivity index (χ3n) is 8.58. The van der Waals surface area contributed by atoms with Gasteiger partial charge in [0.1, 0.15) is 5.01 Å². The molecule has 6 aromatic rings. The normalized spacial score (nSPS) is 11.5. The van der Waals surface area contributed by atoms with E-state index in [1.807, 2.05) is 67.8 Å². The Balaban J connectivity index is 0.00000486. The van der Waals surface area contributed by atoms with E-state index in [0.29, 0.717) is 30.8 Å². The predicted octanol–water partition coefficient (Wildman–Crippen LogP) is 5.06. The number of thiazole rings is 1. The number of benzene rings is 5. The number of nitrogens with zero attached hydrogens (tertiary/aromatic N) is 2. The number of nitrogens with one attached hydrogen (secondary N) is 1. The summed E-state index contributed by atoms with van der Waals surface area (Å²) in [6.45, 7) is 5.39. The largest absolute Gasteiger partial charge is 1.00 e. The van der Waals surface area contributed by atoms with Crippen LogP contribution in [0.5, 0.6) is 0 Å². The zero-order valence-electron chi connectivity index (χ0n) is 28.8. The Morgan fingerprint density at radius 2 is 1.56 bits per heavy atom. The number of thioether (sulfide) groups is 1. The number of carboxylic acid groups (broad SMARTS) is 1. The molecule has 1 N–H and O–H groups in total. The van der Waals surface area contributed by atoms with Gasteiger partial charge < -0.3 is 20.1 Å². The first kappa shape index (κ1) is 36.9. The van der Waals surface area contributed by atoms with Crippen molar-refractivity contribution < 1.29 is 33.6 Å². The van der Waals surface area contributed by atoms with Gasteiger partial charge in [-0.3, -0.25) is 4.79 Å². The van der Waals surface area contributed by atoms with Crippen LogP contribution >= 0.6 is 23.1 Å². The first-order valence-electron chi connectivity index (χ1n) is 16.2. The van der Waals surface area contributed by atoms with Gasteiger partial charge in [0.05, 0.1) is 22.2 Å². The Bertz CT molecular complexity index is 2080. The van der Waals surface area contributed by atoms with Gasteiger partial charge in [0, 0.05) is 29.9 Å². The average Bonchev–Trinajstić information content (AvgIpc) is 3.53. The quantitative estimate of drug-likeness (QED) is 0.171. The van der Waals surface area contributed by atoms with E-state index in [9.17, 15) is 14.7 Å². The third kappa shape index (κ3) is 8.87. The van der Waals surface area contributed by atoms with Crippen LogP contribution in [0.15, 0.2) is 115 Å². The molecular weight excluding hydrogens is 654 g/mol. The Labute approximate surface area is 314 Å². The van der Waals surface area contributed by atoms with Crippen LogP contribution in [0.4, 0.5) is 5.69 Å². The van der Waals surface area contributed by atoms with Crippen molar-refractivity contribution in [2.45, 2.75) is 39.4 Å². The zero-order valence-corrected chi connectivity index (χ0v) is 30.4. The number of hydrogen-bond donors (Lipinski definition) is 1. The number of anilines is 1. The number of hydrogen-bond acceptors (Lipinski definition) is 7. The van der Waals surface area contributed by atoms with Crippen molar-refractivity contribution in [1.82, 2.24) is 10.3 Å². The van der Waals surface area contributed by atoms with E-state index in [-0.39, 0.29) is 18.9 Å². The molecule has 0 aliphatic carbocycles. The van der Waals surface area contributed by atoms with Crippen molar-refractivity contribution in [3.05, 3.63) is 143 Å². The first-order valence-corrected chi connectivity index (χ1v) is 18.5. The Kier molecular flexibility index (Phi) is 12.6. The van der Waals surface area contributed by atoms with Gasteiger partial charge >= 0.3 is 18.9 Å². The van der Waals surface area contributed by atoms with Crippen LogP contribution < -0.4 is 34.2 Å². The van der Waals surface area contributed by atoms with Crippen molar-refractivity contribution in [3.63, 3.8) is 0 Å². The third-order valence-corrected chi connectivity index (χ3v) is 10.3. The molecule has 0 spiro atoms.